The van der Waals surface area contributed by atoms with E-state index >= 15 is 0 Å². The number of fused-ring (bicyclic) bond motifs is 1. The standard InChI is InChI=1S/C27H38N4O2/c1-4-5-13-28-22-8-6-21(7-9-22)19-27(32)31-14-12-23-24(20-31)25(10-11-26(23)33-3)30-17-15-29(2)16-18-30/h6-11,28H,4-5,12-20H2,1-3H3. The summed E-state index contributed by atoms with van der Waals surface area (Å²) >= 11 is 0. The lowest BCUT2D eigenvalue weighted by Gasteiger charge is -2.38. The first-order valence-electron chi connectivity index (χ1n) is 12.3. The molecule has 2 aliphatic rings. The lowest BCUT2D eigenvalue weighted by atomic mass is 9.95. The SMILES string of the molecule is CCCCNc1ccc(CC(=O)N2CCc3c(OC)ccc(N4CCN(C)CC4)c3C2)cc1. The summed E-state index contributed by atoms with van der Waals surface area (Å²) in [7, 11) is 3.92. The second-order valence-electron chi connectivity index (χ2n) is 9.25. The largest absolute Gasteiger partial charge is 0.496 e. The number of benzene rings is 2. The normalized spacial score (nSPS) is 16.5. The van der Waals surface area contributed by atoms with Crippen LogP contribution >= 0.6 is 0 Å². The van der Waals surface area contributed by atoms with Gasteiger partial charge in [-0.05, 0) is 49.7 Å². The Morgan fingerprint density at radius 3 is 2.45 bits per heavy atom. The van der Waals surface area contributed by atoms with Crippen LogP contribution in [0, 0.1) is 0 Å². The molecule has 2 aromatic carbocycles. The van der Waals surface area contributed by atoms with Gasteiger partial charge in [-0.2, -0.15) is 0 Å². The lowest BCUT2D eigenvalue weighted by Crippen LogP contribution is -2.45. The number of anilines is 2. The molecule has 1 fully saturated rings. The maximum atomic E-state index is 13.2. The van der Waals surface area contributed by atoms with Crippen LogP contribution in [-0.4, -0.2) is 69.1 Å². The number of nitrogens with one attached hydrogen (secondary N) is 1. The van der Waals surface area contributed by atoms with Crippen LogP contribution in [0.5, 0.6) is 5.75 Å². The summed E-state index contributed by atoms with van der Waals surface area (Å²) in [6.07, 6.45) is 3.63. The summed E-state index contributed by atoms with van der Waals surface area (Å²) < 4.78 is 5.67. The van der Waals surface area contributed by atoms with Crippen molar-refractivity contribution in [2.24, 2.45) is 0 Å². The van der Waals surface area contributed by atoms with Gasteiger partial charge in [0.1, 0.15) is 5.75 Å². The zero-order valence-corrected chi connectivity index (χ0v) is 20.4. The van der Waals surface area contributed by atoms with E-state index in [0.717, 1.165) is 69.1 Å². The molecule has 1 amide bonds. The Balaban J connectivity index is 1.45. The van der Waals surface area contributed by atoms with Gasteiger partial charge in [-0.3, -0.25) is 4.79 Å². The van der Waals surface area contributed by atoms with Gasteiger partial charge >= 0.3 is 0 Å². The monoisotopic (exact) mass is 450 g/mol. The van der Waals surface area contributed by atoms with Crippen molar-refractivity contribution in [2.75, 3.05) is 63.6 Å². The van der Waals surface area contributed by atoms with Gasteiger partial charge in [0.15, 0.2) is 0 Å². The number of piperazine rings is 1. The number of hydrogen-bond acceptors (Lipinski definition) is 5. The first-order chi connectivity index (χ1) is 16.1. The first kappa shape index (κ1) is 23.4. The van der Waals surface area contributed by atoms with E-state index in [1.807, 2.05) is 4.90 Å². The number of hydrogen-bond donors (Lipinski definition) is 1. The van der Waals surface area contributed by atoms with Crippen molar-refractivity contribution in [3.8, 4) is 5.75 Å². The first-order valence-corrected chi connectivity index (χ1v) is 12.3. The smallest absolute Gasteiger partial charge is 0.227 e. The minimum Gasteiger partial charge on any atom is -0.496 e. The maximum Gasteiger partial charge on any atom is 0.227 e. The van der Waals surface area contributed by atoms with E-state index in [-0.39, 0.29) is 5.91 Å². The van der Waals surface area contributed by atoms with Crippen LogP contribution in [-0.2, 0) is 24.2 Å². The molecule has 0 bridgehead atoms. The third-order valence-corrected chi connectivity index (χ3v) is 6.93. The van der Waals surface area contributed by atoms with Crippen LogP contribution in [0.4, 0.5) is 11.4 Å². The zero-order chi connectivity index (χ0) is 23.2. The van der Waals surface area contributed by atoms with Gasteiger partial charge in [0.2, 0.25) is 5.91 Å². The van der Waals surface area contributed by atoms with Crippen LogP contribution in [0.2, 0.25) is 0 Å². The molecule has 1 saturated heterocycles. The number of amides is 1. The molecule has 1 N–H and O–H groups in total. The van der Waals surface area contributed by atoms with Gasteiger partial charge in [0.05, 0.1) is 13.5 Å². The molecule has 2 aliphatic heterocycles. The summed E-state index contributed by atoms with van der Waals surface area (Å²) in [6, 6.07) is 12.6. The van der Waals surface area contributed by atoms with Crippen LogP contribution in [0.1, 0.15) is 36.5 Å². The number of carbonyl (C=O) groups is 1. The van der Waals surface area contributed by atoms with Gasteiger partial charge in [0, 0.05) is 68.3 Å². The molecule has 33 heavy (non-hydrogen) atoms. The summed E-state index contributed by atoms with van der Waals surface area (Å²) in [6.45, 7) is 8.73. The number of unbranched alkanes of at least 4 members (excludes halogenated alkanes) is 1. The van der Waals surface area contributed by atoms with E-state index in [1.54, 1.807) is 7.11 Å². The maximum absolute atomic E-state index is 13.2. The highest BCUT2D eigenvalue weighted by atomic mass is 16.5. The summed E-state index contributed by atoms with van der Waals surface area (Å²) in [4.78, 5) is 20.1. The van der Waals surface area contributed by atoms with Crippen molar-refractivity contribution in [1.82, 2.24) is 9.80 Å². The highest BCUT2D eigenvalue weighted by Gasteiger charge is 2.28. The molecular formula is C27H38N4O2. The van der Waals surface area contributed by atoms with Crippen LogP contribution < -0.4 is 15.0 Å². The molecule has 0 radical (unpaired) electrons. The van der Waals surface area contributed by atoms with Gasteiger partial charge in [0.25, 0.3) is 0 Å². The third kappa shape index (κ3) is 5.61. The van der Waals surface area contributed by atoms with Crippen molar-refractivity contribution >= 4 is 17.3 Å². The van der Waals surface area contributed by atoms with Gasteiger partial charge in [-0.1, -0.05) is 25.5 Å². The number of carbonyl (C=O) groups excluding carboxylic acids is 1. The van der Waals surface area contributed by atoms with Crippen molar-refractivity contribution in [3.63, 3.8) is 0 Å². The Labute approximate surface area is 198 Å². The second-order valence-corrected chi connectivity index (χ2v) is 9.25. The van der Waals surface area contributed by atoms with Crippen molar-refractivity contribution in [1.29, 1.82) is 0 Å². The van der Waals surface area contributed by atoms with Crippen molar-refractivity contribution in [2.45, 2.75) is 39.2 Å². The molecule has 0 saturated carbocycles. The van der Waals surface area contributed by atoms with Crippen LogP contribution in [0.3, 0.4) is 0 Å². The highest BCUT2D eigenvalue weighted by molar-refractivity contribution is 5.80. The lowest BCUT2D eigenvalue weighted by molar-refractivity contribution is -0.131. The van der Waals surface area contributed by atoms with Crippen LogP contribution in [0.15, 0.2) is 36.4 Å². The summed E-state index contributed by atoms with van der Waals surface area (Å²) in [5, 5.41) is 3.44. The minimum atomic E-state index is 0.194. The predicted octanol–water partition coefficient (Wildman–Crippen LogP) is 3.79. The highest BCUT2D eigenvalue weighted by Crippen LogP contribution is 2.36. The molecule has 0 aromatic heterocycles. The van der Waals surface area contributed by atoms with Crippen molar-refractivity contribution in [3.05, 3.63) is 53.1 Å². The fourth-order valence-electron chi connectivity index (χ4n) is 4.81. The molecule has 2 aromatic rings. The number of likely N-dealkylation sites (N-methyl/N-ethyl adjacent to an activating group) is 1. The minimum absolute atomic E-state index is 0.194. The molecule has 4 rings (SSSR count). The van der Waals surface area contributed by atoms with E-state index in [9.17, 15) is 4.79 Å². The Kier molecular flexibility index (Phi) is 7.76. The molecule has 0 spiro atoms. The van der Waals surface area contributed by atoms with E-state index in [4.69, 9.17) is 4.74 Å². The Bertz CT molecular complexity index is 936. The third-order valence-electron chi connectivity index (χ3n) is 6.93. The number of methoxy groups -OCH3 is 1. The fourth-order valence-corrected chi connectivity index (χ4v) is 4.81. The average molecular weight is 451 g/mol. The molecular weight excluding hydrogens is 412 g/mol. The van der Waals surface area contributed by atoms with E-state index < -0.39 is 0 Å². The van der Waals surface area contributed by atoms with E-state index in [2.05, 4.69) is 65.5 Å². The second kappa shape index (κ2) is 10.9. The number of ether oxygens (including phenoxy) is 1. The van der Waals surface area contributed by atoms with Crippen LogP contribution in [0.25, 0.3) is 0 Å². The molecule has 6 nitrogen and oxygen atoms in total. The molecule has 0 aliphatic carbocycles. The van der Waals surface area contributed by atoms with Gasteiger partial charge in [-0.15, -0.1) is 0 Å². The van der Waals surface area contributed by atoms with E-state index in [1.165, 1.54) is 23.2 Å². The molecule has 6 heteroatoms. The summed E-state index contributed by atoms with van der Waals surface area (Å²) in [5.41, 5.74) is 5.97. The Morgan fingerprint density at radius 2 is 1.76 bits per heavy atom. The Hall–Kier alpha value is -2.73. The van der Waals surface area contributed by atoms with Gasteiger partial charge in [-0.25, -0.2) is 0 Å². The number of rotatable bonds is 8. The molecule has 178 valence electrons. The predicted molar refractivity (Wildman–Crippen MR) is 135 cm³/mol. The average Bonchev–Trinajstić information content (AvgIpc) is 2.85. The molecule has 0 atom stereocenters. The Morgan fingerprint density at radius 1 is 1.00 bits per heavy atom. The fraction of sp³-hybridized carbons (Fsp3) is 0.519. The van der Waals surface area contributed by atoms with E-state index in [0.29, 0.717) is 13.0 Å². The molecule has 0 unspecified atom stereocenters. The summed E-state index contributed by atoms with van der Waals surface area (Å²) in [5.74, 6) is 1.14. The zero-order valence-electron chi connectivity index (χ0n) is 20.4. The van der Waals surface area contributed by atoms with Crippen molar-refractivity contribution < 1.29 is 9.53 Å². The topological polar surface area (TPSA) is 48.1 Å². The number of nitrogens with zero attached hydrogens (tertiary/aromatic N) is 3. The van der Waals surface area contributed by atoms with Gasteiger partial charge < -0.3 is 24.8 Å². The quantitative estimate of drug-likeness (QED) is 0.620. The molecule has 2 heterocycles.